The predicted molar refractivity (Wildman–Crippen MR) is 58.0 cm³/mol. The maximum atomic E-state index is 12.0. The predicted octanol–water partition coefficient (Wildman–Crippen LogP) is 1.31. The molecule has 0 radical (unpaired) electrons. The second-order valence-corrected chi connectivity index (χ2v) is 3.36. The highest BCUT2D eigenvalue weighted by atomic mass is 16.1. The van der Waals surface area contributed by atoms with E-state index in [4.69, 9.17) is 0 Å². The van der Waals surface area contributed by atoms with Crippen LogP contribution in [0.15, 0.2) is 31.0 Å². The summed E-state index contributed by atoms with van der Waals surface area (Å²) < 4.78 is 1.83. The van der Waals surface area contributed by atoms with E-state index in [-0.39, 0.29) is 5.78 Å². The van der Waals surface area contributed by atoms with Gasteiger partial charge in [-0.1, -0.05) is 6.92 Å². The molecule has 0 saturated heterocycles. The highest BCUT2D eigenvalue weighted by Crippen LogP contribution is 2.05. The second kappa shape index (κ2) is 4.65. The monoisotopic (exact) mass is 216 g/mol. The van der Waals surface area contributed by atoms with E-state index in [0.717, 1.165) is 13.0 Å². The summed E-state index contributed by atoms with van der Waals surface area (Å²) >= 11 is 0. The van der Waals surface area contributed by atoms with Gasteiger partial charge in [-0.3, -0.25) is 9.78 Å². The van der Waals surface area contributed by atoms with Gasteiger partial charge in [-0.25, -0.2) is 9.97 Å². The van der Waals surface area contributed by atoms with Gasteiger partial charge in [0.05, 0.1) is 6.20 Å². The molecule has 2 heterocycles. The lowest BCUT2D eigenvalue weighted by Crippen LogP contribution is -2.12. The molecule has 0 spiro atoms. The average molecular weight is 216 g/mol. The van der Waals surface area contributed by atoms with E-state index < -0.39 is 0 Å². The Labute approximate surface area is 93.2 Å². The lowest BCUT2D eigenvalue weighted by Gasteiger charge is -2.04. The number of hydrogen-bond acceptors (Lipinski definition) is 4. The summed E-state index contributed by atoms with van der Waals surface area (Å²) in [6.07, 6.45) is 8.87. The zero-order valence-corrected chi connectivity index (χ0v) is 9.00. The van der Waals surface area contributed by atoms with Crippen molar-refractivity contribution in [1.29, 1.82) is 0 Å². The molecule has 2 aromatic rings. The second-order valence-electron chi connectivity index (χ2n) is 3.36. The highest BCUT2D eigenvalue weighted by Gasteiger charge is 2.15. The van der Waals surface area contributed by atoms with Crippen LogP contribution in [-0.4, -0.2) is 25.3 Å². The van der Waals surface area contributed by atoms with E-state index >= 15 is 0 Å². The number of rotatable bonds is 4. The molecule has 82 valence electrons. The number of ketones is 1. The van der Waals surface area contributed by atoms with Crippen molar-refractivity contribution in [3.8, 4) is 0 Å². The van der Waals surface area contributed by atoms with Gasteiger partial charge in [-0.2, -0.15) is 0 Å². The summed E-state index contributed by atoms with van der Waals surface area (Å²) in [6.45, 7) is 2.83. The molecule has 0 aliphatic rings. The summed E-state index contributed by atoms with van der Waals surface area (Å²) in [5.41, 5.74) is 0.325. The SMILES string of the molecule is CCCn1ccnc1C(=O)c1cnccn1. The fourth-order valence-corrected chi connectivity index (χ4v) is 1.47. The third-order valence-corrected chi connectivity index (χ3v) is 2.18. The molecule has 16 heavy (non-hydrogen) atoms. The smallest absolute Gasteiger partial charge is 0.248 e. The van der Waals surface area contributed by atoms with Crippen LogP contribution in [0.2, 0.25) is 0 Å². The first-order valence-electron chi connectivity index (χ1n) is 5.14. The van der Waals surface area contributed by atoms with E-state index in [0.29, 0.717) is 11.5 Å². The van der Waals surface area contributed by atoms with Gasteiger partial charge in [0.15, 0.2) is 5.82 Å². The van der Waals surface area contributed by atoms with Crippen LogP contribution >= 0.6 is 0 Å². The van der Waals surface area contributed by atoms with Crippen molar-refractivity contribution in [2.45, 2.75) is 19.9 Å². The first kappa shape index (κ1) is 10.5. The summed E-state index contributed by atoms with van der Waals surface area (Å²) in [4.78, 5) is 23.9. The molecule has 0 atom stereocenters. The molecule has 0 amide bonds. The van der Waals surface area contributed by atoms with E-state index in [1.54, 1.807) is 12.4 Å². The summed E-state index contributed by atoms with van der Waals surface area (Å²) in [5.74, 6) is 0.230. The van der Waals surface area contributed by atoms with E-state index in [1.165, 1.54) is 18.6 Å². The largest absolute Gasteiger partial charge is 0.328 e. The van der Waals surface area contributed by atoms with Gasteiger partial charge in [0.25, 0.3) is 0 Å². The van der Waals surface area contributed by atoms with Crippen molar-refractivity contribution < 1.29 is 4.79 Å². The van der Waals surface area contributed by atoms with Crippen molar-refractivity contribution >= 4 is 5.78 Å². The Morgan fingerprint density at radius 2 is 2.19 bits per heavy atom. The van der Waals surface area contributed by atoms with Crippen molar-refractivity contribution in [1.82, 2.24) is 19.5 Å². The normalized spacial score (nSPS) is 10.3. The number of carbonyl (C=O) groups is 1. The van der Waals surface area contributed by atoms with Gasteiger partial charge in [-0.15, -0.1) is 0 Å². The Kier molecular flexibility index (Phi) is 3.05. The van der Waals surface area contributed by atoms with Crippen LogP contribution in [0, 0.1) is 0 Å². The van der Waals surface area contributed by atoms with Crippen molar-refractivity contribution in [2.75, 3.05) is 0 Å². The Bertz CT molecular complexity index is 478. The van der Waals surface area contributed by atoms with Crippen LogP contribution in [0.25, 0.3) is 0 Å². The molecule has 0 aromatic carbocycles. The van der Waals surface area contributed by atoms with E-state index in [2.05, 4.69) is 21.9 Å². The number of aryl methyl sites for hydroxylation is 1. The third-order valence-electron chi connectivity index (χ3n) is 2.18. The number of carbonyl (C=O) groups excluding carboxylic acids is 1. The minimum Gasteiger partial charge on any atom is -0.328 e. The Hall–Kier alpha value is -2.04. The highest BCUT2D eigenvalue weighted by molar-refractivity contribution is 6.05. The molecule has 2 aromatic heterocycles. The topological polar surface area (TPSA) is 60.7 Å². The van der Waals surface area contributed by atoms with E-state index in [1.807, 2.05) is 4.57 Å². The Balaban J connectivity index is 2.31. The van der Waals surface area contributed by atoms with Crippen LogP contribution in [-0.2, 0) is 6.54 Å². The average Bonchev–Trinajstić information content (AvgIpc) is 2.78. The fraction of sp³-hybridized carbons (Fsp3) is 0.273. The molecule has 0 N–H and O–H groups in total. The summed E-state index contributed by atoms with van der Waals surface area (Å²) in [5, 5.41) is 0. The van der Waals surface area contributed by atoms with Crippen LogP contribution in [0.1, 0.15) is 29.7 Å². The molecular formula is C11H12N4O. The number of hydrogen-bond donors (Lipinski definition) is 0. The van der Waals surface area contributed by atoms with Crippen molar-refractivity contribution in [3.05, 3.63) is 42.5 Å². The van der Waals surface area contributed by atoms with Crippen molar-refractivity contribution in [2.24, 2.45) is 0 Å². The Morgan fingerprint density at radius 3 is 2.88 bits per heavy atom. The molecule has 5 nitrogen and oxygen atoms in total. The van der Waals surface area contributed by atoms with Gasteiger partial charge in [-0.05, 0) is 6.42 Å². The molecular weight excluding hydrogens is 204 g/mol. The fourth-order valence-electron chi connectivity index (χ4n) is 1.47. The number of aromatic nitrogens is 4. The van der Waals surface area contributed by atoms with Gasteiger partial charge in [0.2, 0.25) is 5.78 Å². The van der Waals surface area contributed by atoms with Crippen molar-refractivity contribution in [3.63, 3.8) is 0 Å². The quantitative estimate of drug-likeness (QED) is 0.723. The molecule has 0 saturated carbocycles. The molecule has 0 aliphatic carbocycles. The maximum absolute atomic E-state index is 12.0. The van der Waals surface area contributed by atoms with E-state index in [9.17, 15) is 4.79 Å². The molecule has 2 rings (SSSR count). The van der Waals surface area contributed by atoms with Gasteiger partial charge < -0.3 is 4.57 Å². The molecule has 0 bridgehead atoms. The summed E-state index contributed by atoms with van der Waals surface area (Å²) in [6, 6.07) is 0. The Morgan fingerprint density at radius 1 is 1.31 bits per heavy atom. The lowest BCUT2D eigenvalue weighted by atomic mass is 10.3. The zero-order chi connectivity index (χ0) is 11.4. The summed E-state index contributed by atoms with van der Waals surface area (Å²) in [7, 11) is 0. The molecule has 5 heteroatoms. The molecule has 0 unspecified atom stereocenters. The standard InChI is InChI=1S/C11H12N4O/c1-2-6-15-7-5-14-11(15)10(16)9-8-12-3-4-13-9/h3-5,7-8H,2,6H2,1H3. The van der Waals surface area contributed by atoms with Crippen LogP contribution in [0.5, 0.6) is 0 Å². The van der Waals surface area contributed by atoms with Crippen LogP contribution < -0.4 is 0 Å². The third kappa shape index (κ3) is 1.98. The van der Waals surface area contributed by atoms with Gasteiger partial charge >= 0.3 is 0 Å². The molecule has 0 aliphatic heterocycles. The minimum absolute atomic E-state index is 0.188. The first-order valence-corrected chi connectivity index (χ1v) is 5.14. The van der Waals surface area contributed by atoms with Gasteiger partial charge in [0.1, 0.15) is 5.69 Å². The number of nitrogens with zero attached hydrogens (tertiary/aromatic N) is 4. The maximum Gasteiger partial charge on any atom is 0.248 e. The lowest BCUT2D eigenvalue weighted by molar-refractivity contribution is 0.102. The van der Waals surface area contributed by atoms with Crippen LogP contribution in [0.4, 0.5) is 0 Å². The zero-order valence-electron chi connectivity index (χ0n) is 9.00. The first-order chi connectivity index (χ1) is 7.83. The minimum atomic E-state index is -0.188. The van der Waals surface area contributed by atoms with Gasteiger partial charge in [0, 0.05) is 31.3 Å². The molecule has 0 fully saturated rings. The number of imidazole rings is 1. The van der Waals surface area contributed by atoms with Crippen LogP contribution in [0.3, 0.4) is 0 Å².